The average molecular weight is 446 g/mol. The van der Waals surface area contributed by atoms with Crippen molar-refractivity contribution in [2.24, 2.45) is 5.14 Å². The molecule has 7 nitrogen and oxygen atoms in total. The molecule has 0 saturated heterocycles. The highest BCUT2D eigenvalue weighted by Gasteiger charge is 2.22. The first-order valence-electron chi connectivity index (χ1n) is 10.3. The van der Waals surface area contributed by atoms with E-state index in [1.165, 1.54) is 0 Å². The molecule has 0 fully saturated rings. The third-order valence-corrected chi connectivity index (χ3v) is 5.60. The summed E-state index contributed by atoms with van der Waals surface area (Å²) in [6, 6.07) is 11.8. The zero-order valence-corrected chi connectivity index (χ0v) is 18.3. The fourth-order valence-electron chi connectivity index (χ4n) is 3.38. The van der Waals surface area contributed by atoms with Crippen LogP contribution in [0.15, 0.2) is 46.9 Å². The molecule has 0 aliphatic rings. The van der Waals surface area contributed by atoms with E-state index in [0.717, 1.165) is 12.8 Å². The predicted octanol–water partition coefficient (Wildman–Crippen LogP) is 3.56. The molecule has 0 aliphatic carbocycles. The Morgan fingerprint density at radius 3 is 2.52 bits per heavy atom. The normalized spacial score (nSPS) is 11.7. The first kappa shape index (κ1) is 23.0. The first-order valence-corrected chi connectivity index (χ1v) is 12.0. The zero-order valence-electron chi connectivity index (χ0n) is 17.5. The van der Waals surface area contributed by atoms with Gasteiger partial charge in [-0.3, -0.25) is 4.79 Å². The molecule has 1 aromatic heterocycles. The van der Waals surface area contributed by atoms with Gasteiger partial charge in [-0.1, -0.05) is 19.4 Å². The van der Waals surface area contributed by atoms with Gasteiger partial charge in [0.2, 0.25) is 10.0 Å². The predicted molar refractivity (Wildman–Crippen MR) is 119 cm³/mol. The van der Waals surface area contributed by atoms with Gasteiger partial charge in [0.25, 0.3) is 0 Å². The monoisotopic (exact) mass is 445 g/mol. The van der Waals surface area contributed by atoms with Crippen molar-refractivity contribution >= 4 is 26.8 Å². The van der Waals surface area contributed by atoms with Gasteiger partial charge in [-0.2, -0.15) is 0 Å². The van der Waals surface area contributed by atoms with Crippen molar-refractivity contribution in [2.45, 2.75) is 38.4 Å². The second-order valence-electron chi connectivity index (χ2n) is 7.42. The van der Waals surface area contributed by atoms with Gasteiger partial charge in [-0.15, -0.1) is 0 Å². The Hall–Kier alpha value is -2.68. The van der Waals surface area contributed by atoms with Crippen LogP contribution < -0.4 is 9.88 Å². The van der Waals surface area contributed by atoms with Crippen LogP contribution >= 0.6 is 0 Å². The fraction of sp³-hybridized carbons (Fsp3) is 0.348. The zero-order chi connectivity index (χ0) is 22.4. The molecule has 0 spiro atoms. The highest BCUT2D eigenvalue weighted by Crippen LogP contribution is 2.31. The van der Waals surface area contributed by atoms with E-state index in [1.807, 2.05) is 0 Å². The number of rotatable bonds is 11. The number of aliphatic hydroxyl groups is 1. The average Bonchev–Trinajstić information content (AvgIpc) is 3.08. The molecule has 31 heavy (non-hydrogen) atoms. The number of hydrogen-bond donors (Lipinski definition) is 2. The van der Waals surface area contributed by atoms with Gasteiger partial charge >= 0.3 is 0 Å². The largest absolute Gasteiger partial charge is 0.494 e. The molecule has 8 heteroatoms. The minimum Gasteiger partial charge on any atom is -0.494 e. The van der Waals surface area contributed by atoms with Crippen molar-refractivity contribution < 1.29 is 27.5 Å². The van der Waals surface area contributed by atoms with Crippen molar-refractivity contribution in [3.05, 3.63) is 64.9 Å². The summed E-state index contributed by atoms with van der Waals surface area (Å²) >= 11 is 0. The molecule has 3 rings (SSSR count). The van der Waals surface area contributed by atoms with E-state index in [4.69, 9.17) is 19.4 Å². The Balaban J connectivity index is 1.98. The Morgan fingerprint density at radius 2 is 1.87 bits per heavy atom. The van der Waals surface area contributed by atoms with E-state index in [1.54, 1.807) is 42.5 Å². The number of carbonyl (C=O) groups excluding carboxylic acids is 1. The van der Waals surface area contributed by atoms with Gasteiger partial charge in [0.05, 0.1) is 17.9 Å². The fourth-order valence-corrected chi connectivity index (χ4v) is 4.03. The van der Waals surface area contributed by atoms with Crippen LogP contribution in [0.4, 0.5) is 0 Å². The lowest BCUT2D eigenvalue weighted by Crippen LogP contribution is -2.14. The van der Waals surface area contributed by atoms with E-state index in [9.17, 15) is 13.2 Å². The van der Waals surface area contributed by atoms with Crippen molar-refractivity contribution in [3.63, 3.8) is 0 Å². The van der Waals surface area contributed by atoms with Crippen molar-refractivity contribution in [3.8, 4) is 5.75 Å². The number of furan rings is 1. The summed E-state index contributed by atoms with van der Waals surface area (Å²) in [5, 5.41) is 14.6. The first-order chi connectivity index (χ1) is 14.8. The van der Waals surface area contributed by atoms with Gasteiger partial charge in [0.15, 0.2) is 5.78 Å². The van der Waals surface area contributed by atoms with E-state index < -0.39 is 10.0 Å². The second kappa shape index (κ2) is 10.1. The minimum atomic E-state index is -3.70. The lowest BCUT2D eigenvalue weighted by molar-refractivity contribution is 0.103. The van der Waals surface area contributed by atoms with Crippen LogP contribution in [0.3, 0.4) is 0 Å². The molecule has 0 unspecified atom stereocenters. The molecule has 0 radical (unpaired) electrons. The molecule has 166 valence electrons. The van der Waals surface area contributed by atoms with Gasteiger partial charge in [-0.05, 0) is 48.4 Å². The molecule has 0 atom stereocenters. The maximum Gasteiger partial charge on any atom is 0.213 e. The van der Waals surface area contributed by atoms with Gasteiger partial charge < -0.3 is 14.3 Å². The molecular formula is C23H27NO6S. The summed E-state index contributed by atoms with van der Waals surface area (Å²) in [6.07, 6.45) is 2.95. The third-order valence-electron chi connectivity index (χ3n) is 4.87. The van der Waals surface area contributed by atoms with E-state index in [-0.39, 0.29) is 18.1 Å². The number of primary sulfonamides is 1. The Kier molecular flexibility index (Phi) is 7.48. The smallest absolute Gasteiger partial charge is 0.213 e. The lowest BCUT2D eigenvalue weighted by Gasteiger charge is -2.07. The number of ketones is 1. The maximum atomic E-state index is 13.4. The van der Waals surface area contributed by atoms with Crippen LogP contribution in [0.25, 0.3) is 11.0 Å². The number of ether oxygens (including phenoxy) is 1. The SMILES string of the molecule is CCCCc1oc2ccc(CS(N)(=O)=O)cc2c1C(=O)c1ccc(OCCCO)cc1. The van der Waals surface area contributed by atoms with Crippen LogP contribution in [0.2, 0.25) is 0 Å². The topological polar surface area (TPSA) is 120 Å². The summed E-state index contributed by atoms with van der Waals surface area (Å²) in [4.78, 5) is 13.4. The highest BCUT2D eigenvalue weighted by atomic mass is 32.2. The minimum absolute atomic E-state index is 0.0537. The molecule has 1 heterocycles. The van der Waals surface area contributed by atoms with Crippen LogP contribution in [0.1, 0.15) is 53.4 Å². The molecule has 0 aliphatic heterocycles. The highest BCUT2D eigenvalue weighted by molar-refractivity contribution is 7.88. The number of carbonyl (C=O) groups is 1. The Bertz CT molecular complexity index is 1150. The molecule has 3 N–H and O–H groups in total. The molecule has 0 amide bonds. The Labute approximate surface area is 181 Å². The summed E-state index contributed by atoms with van der Waals surface area (Å²) in [5.74, 6) is 0.701. The maximum absolute atomic E-state index is 13.4. The molecule has 3 aromatic rings. The van der Waals surface area contributed by atoms with E-state index >= 15 is 0 Å². The summed E-state index contributed by atoms with van der Waals surface area (Å²) < 4.78 is 34.5. The molecule has 0 bridgehead atoms. The van der Waals surface area contributed by atoms with E-state index in [0.29, 0.717) is 58.6 Å². The summed E-state index contributed by atoms with van der Waals surface area (Å²) in [5.41, 5.74) is 1.97. The number of unbranched alkanes of at least 4 members (excludes halogenated alkanes) is 1. The molecule has 2 aromatic carbocycles. The van der Waals surface area contributed by atoms with Crippen molar-refractivity contribution in [2.75, 3.05) is 13.2 Å². The second-order valence-corrected chi connectivity index (χ2v) is 9.04. The number of aliphatic hydroxyl groups excluding tert-OH is 1. The number of nitrogens with two attached hydrogens (primary N) is 1. The Morgan fingerprint density at radius 1 is 1.13 bits per heavy atom. The van der Waals surface area contributed by atoms with Gasteiger partial charge in [-0.25, -0.2) is 13.6 Å². The summed E-state index contributed by atoms with van der Waals surface area (Å²) in [6.45, 7) is 2.51. The standard InChI is InChI=1S/C23H27NO6S/c1-2-3-5-21-22(19-14-16(15-31(24,27)28)6-11-20(19)30-21)23(26)17-7-9-18(10-8-17)29-13-4-12-25/h6-11,14,25H,2-5,12-13,15H2,1H3,(H2,24,27,28). The quantitative estimate of drug-likeness (QED) is 0.344. The van der Waals surface area contributed by atoms with Crippen LogP contribution in [-0.2, 0) is 22.2 Å². The number of aryl methyl sites for hydroxylation is 1. The number of fused-ring (bicyclic) bond motifs is 1. The van der Waals surface area contributed by atoms with Crippen molar-refractivity contribution in [1.82, 2.24) is 0 Å². The van der Waals surface area contributed by atoms with E-state index in [2.05, 4.69) is 6.92 Å². The number of benzene rings is 2. The molecular weight excluding hydrogens is 418 g/mol. The molecule has 0 saturated carbocycles. The van der Waals surface area contributed by atoms with Crippen LogP contribution in [-0.4, -0.2) is 32.5 Å². The van der Waals surface area contributed by atoms with Crippen LogP contribution in [0.5, 0.6) is 5.75 Å². The third kappa shape index (κ3) is 5.94. The lowest BCUT2D eigenvalue weighted by atomic mass is 9.97. The van der Waals surface area contributed by atoms with Crippen molar-refractivity contribution in [1.29, 1.82) is 0 Å². The van der Waals surface area contributed by atoms with Gasteiger partial charge in [0, 0.05) is 30.4 Å². The summed E-state index contributed by atoms with van der Waals surface area (Å²) in [7, 11) is -3.70. The van der Waals surface area contributed by atoms with Crippen LogP contribution in [0, 0.1) is 0 Å². The number of sulfonamides is 1. The van der Waals surface area contributed by atoms with Gasteiger partial charge in [0.1, 0.15) is 17.1 Å². The number of hydrogen-bond acceptors (Lipinski definition) is 6.